The van der Waals surface area contributed by atoms with Crippen molar-refractivity contribution < 1.29 is 22.3 Å². The molecule has 0 unspecified atom stereocenters. The van der Waals surface area contributed by atoms with Gasteiger partial charge in [0.05, 0.1) is 5.56 Å². The summed E-state index contributed by atoms with van der Waals surface area (Å²) in [5, 5.41) is 8.64. The van der Waals surface area contributed by atoms with E-state index in [1.807, 2.05) is 0 Å². The van der Waals surface area contributed by atoms with Crippen molar-refractivity contribution in [2.45, 2.75) is 18.7 Å². The Labute approximate surface area is 117 Å². The Morgan fingerprint density at radius 2 is 1.85 bits per heavy atom. The number of hydrogen-bond acceptors (Lipinski definition) is 3. The van der Waals surface area contributed by atoms with E-state index in [9.17, 15) is 17.2 Å². The first-order valence-electron chi connectivity index (χ1n) is 5.97. The summed E-state index contributed by atoms with van der Waals surface area (Å²) in [5.41, 5.74) is -0.302. The van der Waals surface area contributed by atoms with Gasteiger partial charge < -0.3 is 5.11 Å². The number of aliphatic hydroxyl groups is 1. The molecule has 0 aromatic heterocycles. The van der Waals surface area contributed by atoms with Crippen LogP contribution in [0.25, 0.3) is 0 Å². The van der Waals surface area contributed by atoms with Gasteiger partial charge in [-0.1, -0.05) is 25.7 Å². The molecule has 1 aromatic carbocycles. The maximum Gasteiger partial charge on any atom is 0.247 e. The summed E-state index contributed by atoms with van der Waals surface area (Å²) in [6, 6.07) is 1.34. The van der Waals surface area contributed by atoms with Crippen molar-refractivity contribution in [3.8, 4) is 11.8 Å². The van der Waals surface area contributed by atoms with Crippen molar-refractivity contribution in [3.05, 3.63) is 29.3 Å². The number of rotatable bonds is 4. The van der Waals surface area contributed by atoms with Crippen molar-refractivity contribution in [1.29, 1.82) is 0 Å². The first-order valence-corrected chi connectivity index (χ1v) is 7.41. The minimum Gasteiger partial charge on any atom is -0.384 e. The zero-order valence-corrected chi connectivity index (χ0v) is 12.0. The van der Waals surface area contributed by atoms with Gasteiger partial charge in [0, 0.05) is 19.2 Å². The molecule has 0 aliphatic heterocycles. The summed E-state index contributed by atoms with van der Waals surface area (Å²) in [5.74, 6) is 2.34. The van der Waals surface area contributed by atoms with Crippen LogP contribution in [-0.2, 0) is 10.0 Å². The van der Waals surface area contributed by atoms with Gasteiger partial charge in [-0.2, -0.15) is 4.31 Å². The highest BCUT2D eigenvalue weighted by molar-refractivity contribution is 7.89. The summed E-state index contributed by atoms with van der Waals surface area (Å²) in [6.07, 6.45) is 0. The van der Waals surface area contributed by atoms with Crippen molar-refractivity contribution in [3.63, 3.8) is 0 Å². The molecule has 1 aromatic rings. The van der Waals surface area contributed by atoms with Crippen LogP contribution in [0.5, 0.6) is 0 Å². The van der Waals surface area contributed by atoms with E-state index in [1.54, 1.807) is 13.8 Å². The fourth-order valence-electron chi connectivity index (χ4n) is 1.74. The Bertz CT molecular complexity index is 644. The molecular weight excluding hydrogens is 288 g/mol. The maximum atomic E-state index is 13.9. The Morgan fingerprint density at radius 3 is 2.35 bits per heavy atom. The van der Waals surface area contributed by atoms with E-state index in [0.717, 1.165) is 10.4 Å². The monoisotopic (exact) mass is 303 g/mol. The summed E-state index contributed by atoms with van der Waals surface area (Å²) in [4.78, 5) is -0.663. The second-order valence-electron chi connectivity index (χ2n) is 3.81. The normalized spacial score (nSPS) is 11.3. The average Bonchev–Trinajstić information content (AvgIpc) is 2.36. The zero-order valence-electron chi connectivity index (χ0n) is 11.2. The maximum absolute atomic E-state index is 13.9. The van der Waals surface area contributed by atoms with Gasteiger partial charge in [0.2, 0.25) is 10.0 Å². The lowest BCUT2D eigenvalue weighted by Gasteiger charge is -2.19. The van der Waals surface area contributed by atoms with Gasteiger partial charge >= 0.3 is 0 Å². The van der Waals surface area contributed by atoms with Gasteiger partial charge in [0.15, 0.2) is 0 Å². The molecule has 4 nitrogen and oxygen atoms in total. The third-order valence-electron chi connectivity index (χ3n) is 2.61. The standard InChI is InChI=1S/C13H15F2NO3S/c1-3-16(4-2)20(18,19)13-10(6-5-7-17)8-11(14)9-12(13)15/h8-9,17H,3-4,7H2,1-2H3. The summed E-state index contributed by atoms with van der Waals surface area (Å²) >= 11 is 0. The third kappa shape index (κ3) is 3.33. The van der Waals surface area contributed by atoms with Gasteiger partial charge in [-0.25, -0.2) is 17.2 Å². The first-order chi connectivity index (χ1) is 9.38. The Balaban J connectivity index is 3.58. The summed E-state index contributed by atoms with van der Waals surface area (Å²) in [7, 11) is -4.10. The SMILES string of the molecule is CCN(CC)S(=O)(=O)c1c(F)cc(F)cc1C#CCO. The summed E-state index contributed by atoms with van der Waals surface area (Å²) < 4.78 is 52.8. The fraction of sp³-hybridized carbons (Fsp3) is 0.385. The molecule has 0 fully saturated rings. The molecule has 0 amide bonds. The van der Waals surface area contributed by atoms with E-state index in [1.165, 1.54) is 0 Å². The lowest BCUT2D eigenvalue weighted by Crippen LogP contribution is -2.32. The Morgan fingerprint density at radius 1 is 1.25 bits per heavy atom. The minimum absolute atomic E-state index is 0.155. The van der Waals surface area contributed by atoms with Crippen LogP contribution in [-0.4, -0.2) is 37.5 Å². The van der Waals surface area contributed by atoms with E-state index in [-0.39, 0.29) is 18.7 Å². The molecule has 0 aliphatic rings. The highest BCUT2D eigenvalue weighted by atomic mass is 32.2. The molecule has 0 atom stereocenters. The highest BCUT2D eigenvalue weighted by Crippen LogP contribution is 2.24. The van der Waals surface area contributed by atoms with Gasteiger partial charge in [-0.15, -0.1) is 0 Å². The van der Waals surface area contributed by atoms with Crippen LogP contribution < -0.4 is 0 Å². The lowest BCUT2D eigenvalue weighted by molar-refractivity contribution is 0.350. The minimum atomic E-state index is -4.10. The highest BCUT2D eigenvalue weighted by Gasteiger charge is 2.28. The van der Waals surface area contributed by atoms with Crippen LogP contribution >= 0.6 is 0 Å². The molecular formula is C13H15F2NO3S. The lowest BCUT2D eigenvalue weighted by atomic mass is 10.2. The third-order valence-corrected chi connectivity index (χ3v) is 4.74. The quantitative estimate of drug-likeness (QED) is 0.854. The smallest absolute Gasteiger partial charge is 0.247 e. The topological polar surface area (TPSA) is 57.6 Å². The Hall–Kier alpha value is -1.49. The van der Waals surface area contributed by atoms with Crippen LogP contribution in [0, 0.1) is 23.5 Å². The van der Waals surface area contributed by atoms with Gasteiger partial charge in [-0.3, -0.25) is 0 Å². The molecule has 0 bridgehead atoms. The van der Waals surface area contributed by atoms with Crippen molar-refractivity contribution in [2.24, 2.45) is 0 Å². The fourth-order valence-corrected chi connectivity index (χ4v) is 3.37. The van der Waals surface area contributed by atoms with Crippen LogP contribution in [0.2, 0.25) is 0 Å². The largest absolute Gasteiger partial charge is 0.384 e. The molecule has 0 radical (unpaired) electrons. The van der Waals surface area contributed by atoms with E-state index < -0.39 is 33.2 Å². The van der Waals surface area contributed by atoms with Crippen molar-refractivity contribution >= 4 is 10.0 Å². The molecule has 110 valence electrons. The van der Waals surface area contributed by atoms with Crippen molar-refractivity contribution in [2.75, 3.05) is 19.7 Å². The average molecular weight is 303 g/mol. The molecule has 1 rings (SSSR count). The molecule has 0 saturated carbocycles. The number of nitrogens with zero attached hydrogens (tertiary/aromatic N) is 1. The van der Waals surface area contributed by atoms with Gasteiger partial charge in [-0.05, 0) is 6.07 Å². The molecule has 0 heterocycles. The number of aliphatic hydroxyl groups excluding tert-OH is 1. The van der Waals surface area contributed by atoms with Crippen LogP contribution in [0.15, 0.2) is 17.0 Å². The molecule has 1 N–H and O–H groups in total. The molecule has 7 heteroatoms. The van der Waals surface area contributed by atoms with Crippen LogP contribution in [0.1, 0.15) is 19.4 Å². The molecule has 0 aliphatic carbocycles. The van der Waals surface area contributed by atoms with Crippen molar-refractivity contribution in [1.82, 2.24) is 4.31 Å². The van der Waals surface area contributed by atoms with Crippen LogP contribution in [0.3, 0.4) is 0 Å². The van der Waals surface area contributed by atoms with E-state index in [0.29, 0.717) is 6.07 Å². The van der Waals surface area contributed by atoms with Crippen LogP contribution in [0.4, 0.5) is 8.78 Å². The van der Waals surface area contributed by atoms with E-state index >= 15 is 0 Å². The zero-order chi connectivity index (χ0) is 15.3. The predicted octanol–water partition coefficient (Wildman–Crippen LogP) is 1.34. The van der Waals surface area contributed by atoms with E-state index in [4.69, 9.17) is 5.11 Å². The van der Waals surface area contributed by atoms with Gasteiger partial charge in [0.25, 0.3) is 0 Å². The Kier molecular flexibility index (Phi) is 5.62. The number of benzene rings is 1. The van der Waals surface area contributed by atoms with E-state index in [2.05, 4.69) is 11.8 Å². The number of halogens is 2. The molecule has 0 saturated heterocycles. The van der Waals surface area contributed by atoms with Gasteiger partial charge in [0.1, 0.15) is 23.1 Å². The number of sulfonamides is 1. The predicted molar refractivity (Wildman–Crippen MR) is 70.4 cm³/mol. The molecule has 20 heavy (non-hydrogen) atoms. The number of hydrogen-bond donors (Lipinski definition) is 1. The summed E-state index contributed by atoms with van der Waals surface area (Å²) in [6.45, 7) is 3.00. The second kappa shape index (κ2) is 6.79. The molecule has 0 spiro atoms. The second-order valence-corrected chi connectivity index (χ2v) is 5.69. The first kappa shape index (κ1) is 16.6.